The van der Waals surface area contributed by atoms with Gasteiger partial charge in [0.2, 0.25) is 0 Å². The average Bonchev–Trinajstić information content (AvgIpc) is 2.56. The molecular weight excluding hydrogens is 272 g/mol. The van der Waals surface area contributed by atoms with Crippen molar-refractivity contribution in [3.05, 3.63) is 70.8 Å². The lowest BCUT2D eigenvalue weighted by atomic mass is 9.97. The molecule has 1 heterocycles. The van der Waals surface area contributed by atoms with Crippen LogP contribution in [-0.4, -0.2) is 31.2 Å². The summed E-state index contributed by atoms with van der Waals surface area (Å²) in [5.74, 6) is 0. The number of aryl methyl sites for hydroxylation is 1. The molecule has 0 bridgehead atoms. The van der Waals surface area contributed by atoms with E-state index < -0.39 is 0 Å². The molecule has 0 saturated carbocycles. The first kappa shape index (κ1) is 15.2. The molecule has 22 heavy (non-hydrogen) atoms. The molecule has 0 spiro atoms. The summed E-state index contributed by atoms with van der Waals surface area (Å²) >= 11 is 0. The van der Waals surface area contributed by atoms with Gasteiger partial charge in [-0.3, -0.25) is 4.90 Å². The first-order valence-corrected chi connectivity index (χ1v) is 7.93. The highest BCUT2D eigenvalue weighted by Gasteiger charge is 2.12. The molecule has 1 atom stereocenters. The minimum atomic E-state index is -0.0580. The molecule has 1 saturated heterocycles. The molecule has 3 rings (SSSR count). The van der Waals surface area contributed by atoms with Crippen LogP contribution in [-0.2, 0) is 11.3 Å². The molecule has 1 aliphatic heterocycles. The largest absolute Gasteiger partial charge is 0.379 e. The Morgan fingerprint density at radius 3 is 2.45 bits per heavy atom. The maximum absolute atomic E-state index is 6.39. The molecule has 0 amide bonds. The number of nitrogens with two attached hydrogens (primary N) is 1. The summed E-state index contributed by atoms with van der Waals surface area (Å²) in [4.78, 5) is 2.43. The maximum atomic E-state index is 6.39. The van der Waals surface area contributed by atoms with Crippen molar-refractivity contribution in [2.45, 2.75) is 19.5 Å². The fraction of sp³-hybridized carbons (Fsp3) is 0.368. The van der Waals surface area contributed by atoms with Crippen molar-refractivity contribution < 1.29 is 4.74 Å². The molecule has 116 valence electrons. The highest BCUT2D eigenvalue weighted by atomic mass is 16.5. The predicted octanol–water partition coefficient (Wildman–Crippen LogP) is 2.88. The molecule has 0 radical (unpaired) electrons. The Bertz CT molecular complexity index is 603. The molecule has 1 unspecified atom stereocenters. The van der Waals surface area contributed by atoms with Crippen LogP contribution in [0.5, 0.6) is 0 Å². The third kappa shape index (κ3) is 3.74. The van der Waals surface area contributed by atoms with Crippen LogP contribution in [0.2, 0.25) is 0 Å². The second kappa shape index (κ2) is 7.05. The Kier molecular flexibility index (Phi) is 4.88. The van der Waals surface area contributed by atoms with Crippen LogP contribution in [0.25, 0.3) is 0 Å². The lowest BCUT2D eigenvalue weighted by Crippen LogP contribution is -2.35. The molecule has 1 aliphatic rings. The molecule has 2 N–H and O–H groups in total. The third-order valence-corrected chi connectivity index (χ3v) is 4.25. The van der Waals surface area contributed by atoms with Crippen LogP contribution in [0.1, 0.15) is 28.3 Å². The summed E-state index contributed by atoms with van der Waals surface area (Å²) in [5.41, 5.74) is 11.3. The molecule has 3 nitrogen and oxygen atoms in total. The highest BCUT2D eigenvalue weighted by Crippen LogP contribution is 2.21. The van der Waals surface area contributed by atoms with Crippen molar-refractivity contribution in [3.63, 3.8) is 0 Å². The zero-order valence-electron chi connectivity index (χ0n) is 13.2. The molecule has 1 fully saturated rings. The Balaban J connectivity index is 1.68. The van der Waals surface area contributed by atoms with Crippen molar-refractivity contribution in [1.29, 1.82) is 0 Å². The van der Waals surface area contributed by atoms with E-state index in [1.165, 1.54) is 16.7 Å². The van der Waals surface area contributed by atoms with E-state index in [4.69, 9.17) is 10.5 Å². The molecule has 0 aromatic heterocycles. The van der Waals surface area contributed by atoms with Crippen LogP contribution < -0.4 is 5.73 Å². The minimum absolute atomic E-state index is 0.0580. The van der Waals surface area contributed by atoms with E-state index in [9.17, 15) is 0 Å². The Morgan fingerprint density at radius 1 is 1.05 bits per heavy atom. The van der Waals surface area contributed by atoms with Gasteiger partial charge < -0.3 is 10.5 Å². The second-order valence-corrected chi connectivity index (χ2v) is 6.02. The van der Waals surface area contributed by atoms with E-state index in [1.54, 1.807) is 0 Å². The lowest BCUT2D eigenvalue weighted by Gasteiger charge is -2.26. The van der Waals surface area contributed by atoms with Gasteiger partial charge in [-0.25, -0.2) is 0 Å². The van der Waals surface area contributed by atoms with E-state index >= 15 is 0 Å². The standard InChI is InChI=1S/C19H24N2O/c1-15-3-2-4-18(13-15)19(20)17-7-5-16(6-8-17)14-21-9-11-22-12-10-21/h2-8,13,19H,9-12,14,20H2,1H3. The van der Waals surface area contributed by atoms with Crippen molar-refractivity contribution in [3.8, 4) is 0 Å². The van der Waals surface area contributed by atoms with Gasteiger partial charge in [-0.2, -0.15) is 0 Å². The van der Waals surface area contributed by atoms with Crippen LogP contribution >= 0.6 is 0 Å². The van der Waals surface area contributed by atoms with Crippen LogP contribution in [0.4, 0.5) is 0 Å². The van der Waals surface area contributed by atoms with E-state index in [0.29, 0.717) is 0 Å². The predicted molar refractivity (Wildman–Crippen MR) is 89.7 cm³/mol. The summed E-state index contributed by atoms with van der Waals surface area (Å²) in [7, 11) is 0. The molecular formula is C19H24N2O. The Labute approximate surface area is 132 Å². The zero-order chi connectivity index (χ0) is 15.4. The van der Waals surface area contributed by atoms with Gasteiger partial charge in [0.05, 0.1) is 19.3 Å². The first-order valence-electron chi connectivity index (χ1n) is 7.93. The maximum Gasteiger partial charge on any atom is 0.0594 e. The van der Waals surface area contributed by atoms with Crippen LogP contribution in [0.15, 0.2) is 48.5 Å². The summed E-state index contributed by atoms with van der Waals surface area (Å²) in [6.07, 6.45) is 0. The van der Waals surface area contributed by atoms with Gasteiger partial charge in [-0.05, 0) is 23.6 Å². The van der Waals surface area contributed by atoms with Crippen molar-refractivity contribution in [2.75, 3.05) is 26.3 Å². The van der Waals surface area contributed by atoms with Crippen molar-refractivity contribution in [2.24, 2.45) is 5.73 Å². The zero-order valence-corrected chi connectivity index (χ0v) is 13.2. The number of hydrogen-bond donors (Lipinski definition) is 1. The third-order valence-electron chi connectivity index (χ3n) is 4.25. The number of nitrogens with zero attached hydrogens (tertiary/aromatic N) is 1. The molecule has 2 aromatic rings. The van der Waals surface area contributed by atoms with E-state index in [1.807, 2.05) is 0 Å². The number of morpholine rings is 1. The summed E-state index contributed by atoms with van der Waals surface area (Å²) in [6, 6.07) is 17.1. The Morgan fingerprint density at radius 2 is 1.77 bits per heavy atom. The number of rotatable bonds is 4. The minimum Gasteiger partial charge on any atom is -0.379 e. The highest BCUT2D eigenvalue weighted by molar-refractivity contribution is 5.34. The van der Waals surface area contributed by atoms with Gasteiger partial charge >= 0.3 is 0 Å². The quantitative estimate of drug-likeness (QED) is 0.943. The Hall–Kier alpha value is -1.68. The topological polar surface area (TPSA) is 38.5 Å². The summed E-state index contributed by atoms with van der Waals surface area (Å²) in [5, 5.41) is 0. The molecule has 2 aromatic carbocycles. The van der Waals surface area contributed by atoms with Crippen LogP contribution in [0, 0.1) is 6.92 Å². The summed E-state index contributed by atoms with van der Waals surface area (Å²) < 4.78 is 5.39. The SMILES string of the molecule is Cc1cccc(C(N)c2ccc(CN3CCOCC3)cc2)c1. The number of ether oxygens (including phenoxy) is 1. The first-order chi connectivity index (χ1) is 10.7. The fourth-order valence-corrected chi connectivity index (χ4v) is 2.90. The number of benzene rings is 2. The smallest absolute Gasteiger partial charge is 0.0594 e. The molecule has 3 heteroatoms. The van der Waals surface area contributed by atoms with E-state index in [2.05, 4.69) is 60.4 Å². The van der Waals surface area contributed by atoms with Gasteiger partial charge in [0.15, 0.2) is 0 Å². The van der Waals surface area contributed by atoms with Gasteiger partial charge in [0.1, 0.15) is 0 Å². The van der Waals surface area contributed by atoms with Gasteiger partial charge in [0, 0.05) is 19.6 Å². The van der Waals surface area contributed by atoms with Gasteiger partial charge in [0.25, 0.3) is 0 Å². The summed E-state index contributed by atoms with van der Waals surface area (Å²) in [6.45, 7) is 6.81. The normalized spacial score (nSPS) is 17.4. The van der Waals surface area contributed by atoms with Gasteiger partial charge in [-0.15, -0.1) is 0 Å². The van der Waals surface area contributed by atoms with Crippen molar-refractivity contribution >= 4 is 0 Å². The second-order valence-electron chi connectivity index (χ2n) is 6.02. The monoisotopic (exact) mass is 296 g/mol. The number of hydrogen-bond acceptors (Lipinski definition) is 3. The van der Waals surface area contributed by atoms with Crippen molar-refractivity contribution in [1.82, 2.24) is 4.90 Å². The van der Waals surface area contributed by atoms with E-state index in [-0.39, 0.29) is 6.04 Å². The van der Waals surface area contributed by atoms with E-state index in [0.717, 1.165) is 38.4 Å². The average molecular weight is 296 g/mol. The molecule has 0 aliphatic carbocycles. The van der Waals surface area contributed by atoms with Crippen LogP contribution in [0.3, 0.4) is 0 Å². The lowest BCUT2D eigenvalue weighted by molar-refractivity contribution is 0.0342. The fourth-order valence-electron chi connectivity index (χ4n) is 2.90. The van der Waals surface area contributed by atoms with Gasteiger partial charge in [-0.1, -0.05) is 54.1 Å².